The van der Waals surface area contributed by atoms with Crippen LogP contribution >= 0.6 is 0 Å². The van der Waals surface area contributed by atoms with E-state index in [-0.39, 0.29) is 17.6 Å². The standard InChI is InChI=1S/C17H11F3N2O3/c18-3-6-22-8-11(17(24)25)16(23)10-7-12(19)13(14(20)15(10)22)9-1-4-21-5-2-9/h1-2,4-5,7-8H,3,6H2,(H,24,25). The Morgan fingerprint density at radius 1 is 1.24 bits per heavy atom. The molecule has 0 amide bonds. The topological polar surface area (TPSA) is 72.2 Å². The van der Waals surface area contributed by atoms with Crippen molar-refractivity contribution in [3.05, 3.63) is 64.2 Å². The van der Waals surface area contributed by atoms with E-state index < -0.39 is 46.2 Å². The second-order valence-electron chi connectivity index (χ2n) is 5.24. The SMILES string of the molecule is O=C(O)c1cn(CCF)c2c(F)c(-c3ccncc3)c(F)cc2c1=O. The molecular formula is C17H11F3N2O3. The molecule has 2 heterocycles. The summed E-state index contributed by atoms with van der Waals surface area (Å²) in [5.74, 6) is -3.65. The molecule has 0 aliphatic heterocycles. The van der Waals surface area contributed by atoms with Gasteiger partial charge in [0, 0.05) is 18.6 Å². The number of carboxylic acid groups (broad SMARTS) is 1. The number of hydrogen-bond acceptors (Lipinski definition) is 3. The van der Waals surface area contributed by atoms with Crippen molar-refractivity contribution in [2.75, 3.05) is 6.67 Å². The second-order valence-corrected chi connectivity index (χ2v) is 5.24. The third-order valence-corrected chi connectivity index (χ3v) is 3.78. The molecule has 0 unspecified atom stereocenters. The Morgan fingerprint density at radius 2 is 1.92 bits per heavy atom. The first-order valence-corrected chi connectivity index (χ1v) is 7.20. The summed E-state index contributed by atoms with van der Waals surface area (Å²) in [5, 5.41) is 8.63. The fourth-order valence-corrected chi connectivity index (χ4v) is 2.69. The van der Waals surface area contributed by atoms with Crippen LogP contribution in [0.15, 0.2) is 41.6 Å². The molecule has 3 rings (SSSR count). The minimum absolute atomic E-state index is 0.188. The zero-order valence-corrected chi connectivity index (χ0v) is 12.7. The number of aromatic nitrogens is 2. The Labute approximate surface area is 139 Å². The normalized spacial score (nSPS) is 11.0. The van der Waals surface area contributed by atoms with Gasteiger partial charge in [-0.2, -0.15) is 0 Å². The second kappa shape index (κ2) is 6.39. The lowest BCUT2D eigenvalue weighted by molar-refractivity contribution is 0.0694. The zero-order valence-electron chi connectivity index (χ0n) is 12.7. The highest BCUT2D eigenvalue weighted by molar-refractivity contribution is 5.94. The van der Waals surface area contributed by atoms with Crippen LogP contribution < -0.4 is 5.43 Å². The van der Waals surface area contributed by atoms with E-state index in [4.69, 9.17) is 5.11 Å². The molecular weight excluding hydrogens is 337 g/mol. The van der Waals surface area contributed by atoms with E-state index >= 15 is 4.39 Å². The van der Waals surface area contributed by atoms with Gasteiger partial charge < -0.3 is 9.67 Å². The third kappa shape index (κ3) is 2.75. The Balaban J connectivity index is 2.46. The number of rotatable bonds is 4. The number of carboxylic acids is 1. The maximum atomic E-state index is 15.0. The van der Waals surface area contributed by atoms with Crippen LogP contribution in [0.3, 0.4) is 0 Å². The summed E-state index contributed by atoms with van der Waals surface area (Å²) in [7, 11) is 0. The zero-order chi connectivity index (χ0) is 18.1. The van der Waals surface area contributed by atoms with Crippen molar-refractivity contribution >= 4 is 16.9 Å². The Bertz CT molecular complexity index is 1030. The first-order valence-electron chi connectivity index (χ1n) is 7.20. The van der Waals surface area contributed by atoms with Crippen molar-refractivity contribution in [1.29, 1.82) is 0 Å². The number of benzene rings is 1. The molecule has 25 heavy (non-hydrogen) atoms. The molecule has 0 aliphatic carbocycles. The number of pyridine rings is 2. The summed E-state index contributed by atoms with van der Waals surface area (Å²) in [6.07, 6.45) is 3.56. The van der Waals surface area contributed by atoms with Gasteiger partial charge in [-0.15, -0.1) is 0 Å². The molecule has 0 aliphatic rings. The highest BCUT2D eigenvalue weighted by atomic mass is 19.1. The van der Waals surface area contributed by atoms with Gasteiger partial charge in [-0.05, 0) is 23.8 Å². The van der Waals surface area contributed by atoms with Gasteiger partial charge in [0.05, 0.1) is 23.0 Å². The number of alkyl halides is 1. The van der Waals surface area contributed by atoms with E-state index in [9.17, 15) is 18.4 Å². The first-order chi connectivity index (χ1) is 12.0. The van der Waals surface area contributed by atoms with Crippen LogP contribution in [0.4, 0.5) is 13.2 Å². The molecule has 0 atom stereocenters. The van der Waals surface area contributed by atoms with Gasteiger partial charge in [-0.3, -0.25) is 9.78 Å². The van der Waals surface area contributed by atoms with Crippen molar-refractivity contribution in [1.82, 2.24) is 9.55 Å². The van der Waals surface area contributed by atoms with Crippen molar-refractivity contribution in [2.24, 2.45) is 0 Å². The van der Waals surface area contributed by atoms with Gasteiger partial charge in [-0.25, -0.2) is 18.0 Å². The summed E-state index contributed by atoms with van der Waals surface area (Å²) in [5.41, 5.74) is -2.27. The number of carbonyl (C=O) groups is 1. The predicted octanol–water partition coefficient (Wildman–Crippen LogP) is 3.01. The Morgan fingerprint density at radius 3 is 2.52 bits per heavy atom. The highest BCUT2D eigenvalue weighted by Crippen LogP contribution is 2.31. The summed E-state index contributed by atoms with van der Waals surface area (Å²) < 4.78 is 43.3. The number of fused-ring (bicyclic) bond motifs is 1. The summed E-state index contributed by atoms with van der Waals surface area (Å²) in [4.78, 5) is 27.2. The maximum absolute atomic E-state index is 15.0. The molecule has 0 fully saturated rings. The lowest BCUT2D eigenvalue weighted by atomic mass is 10.0. The molecule has 128 valence electrons. The van der Waals surface area contributed by atoms with E-state index in [0.29, 0.717) is 0 Å². The van der Waals surface area contributed by atoms with Gasteiger partial charge in [0.1, 0.15) is 18.1 Å². The molecule has 3 aromatic rings. The number of halogens is 3. The largest absolute Gasteiger partial charge is 0.477 e. The van der Waals surface area contributed by atoms with Crippen LogP contribution in [0, 0.1) is 11.6 Å². The molecule has 0 radical (unpaired) electrons. The van der Waals surface area contributed by atoms with E-state index in [1.807, 2.05) is 0 Å². The first kappa shape index (κ1) is 16.7. The van der Waals surface area contributed by atoms with Crippen LogP contribution in [-0.4, -0.2) is 27.3 Å². The van der Waals surface area contributed by atoms with Gasteiger partial charge in [0.15, 0.2) is 5.82 Å². The monoisotopic (exact) mass is 348 g/mol. The number of aryl methyl sites for hydroxylation is 1. The molecule has 2 aromatic heterocycles. The fraction of sp³-hybridized carbons (Fsp3) is 0.118. The van der Waals surface area contributed by atoms with Crippen molar-refractivity contribution in [3.8, 4) is 11.1 Å². The molecule has 0 spiro atoms. The molecule has 8 heteroatoms. The van der Waals surface area contributed by atoms with Crippen LogP contribution in [-0.2, 0) is 6.54 Å². The van der Waals surface area contributed by atoms with Gasteiger partial charge >= 0.3 is 5.97 Å². The summed E-state index contributed by atoms with van der Waals surface area (Å²) >= 11 is 0. The quantitative estimate of drug-likeness (QED) is 0.787. The molecule has 0 saturated carbocycles. The van der Waals surface area contributed by atoms with Crippen LogP contribution in [0.2, 0.25) is 0 Å². The van der Waals surface area contributed by atoms with Crippen LogP contribution in [0.1, 0.15) is 10.4 Å². The maximum Gasteiger partial charge on any atom is 0.341 e. The average Bonchev–Trinajstić information content (AvgIpc) is 2.58. The van der Waals surface area contributed by atoms with Gasteiger partial charge in [-0.1, -0.05) is 0 Å². The number of hydrogen-bond donors (Lipinski definition) is 1. The Kier molecular flexibility index (Phi) is 4.26. The Hall–Kier alpha value is -3.16. The fourth-order valence-electron chi connectivity index (χ4n) is 2.69. The average molecular weight is 348 g/mol. The van der Waals surface area contributed by atoms with Crippen LogP contribution in [0.25, 0.3) is 22.0 Å². The van der Waals surface area contributed by atoms with Crippen LogP contribution in [0.5, 0.6) is 0 Å². The van der Waals surface area contributed by atoms with Gasteiger partial charge in [0.2, 0.25) is 5.43 Å². The van der Waals surface area contributed by atoms with E-state index in [2.05, 4.69) is 4.98 Å². The third-order valence-electron chi connectivity index (χ3n) is 3.78. The number of aromatic carboxylic acids is 1. The predicted molar refractivity (Wildman–Crippen MR) is 84.3 cm³/mol. The highest BCUT2D eigenvalue weighted by Gasteiger charge is 2.22. The molecule has 0 saturated heterocycles. The molecule has 1 N–H and O–H groups in total. The summed E-state index contributed by atoms with van der Waals surface area (Å²) in [6.45, 7) is -1.30. The van der Waals surface area contributed by atoms with E-state index in [1.165, 1.54) is 24.5 Å². The van der Waals surface area contributed by atoms with E-state index in [0.717, 1.165) is 16.8 Å². The minimum Gasteiger partial charge on any atom is -0.477 e. The van der Waals surface area contributed by atoms with Gasteiger partial charge in [0.25, 0.3) is 0 Å². The van der Waals surface area contributed by atoms with Crippen molar-refractivity contribution in [2.45, 2.75) is 6.54 Å². The van der Waals surface area contributed by atoms with Crippen molar-refractivity contribution < 1.29 is 23.1 Å². The molecule has 1 aromatic carbocycles. The van der Waals surface area contributed by atoms with Crippen molar-refractivity contribution in [3.63, 3.8) is 0 Å². The molecule has 0 bridgehead atoms. The lowest BCUT2D eigenvalue weighted by Gasteiger charge is -2.14. The smallest absolute Gasteiger partial charge is 0.341 e. The number of nitrogens with zero attached hydrogens (tertiary/aromatic N) is 2. The minimum atomic E-state index is -1.56. The van der Waals surface area contributed by atoms with E-state index in [1.54, 1.807) is 0 Å². The lowest BCUT2D eigenvalue weighted by Crippen LogP contribution is -2.20. The molecule has 5 nitrogen and oxygen atoms in total. The summed E-state index contributed by atoms with van der Waals surface area (Å²) in [6, 6.07) is 3.55.